The molecule has 0 fully saturated rings. The van der Waals surface area contributed by atoms with E-state index in [1.807, 2.05) is 6.07 Å². The first-order chi connectivity index (χ1) is 9.24. The maximum absolute atomic E-state index is 13.8. The lowest BCUT2D eigenvalue weighted by atomic mass is 9.87. The van der Waals surface area contributed by atoms with Crippen molar-refractivity contribution in [3.63, 3.8) is 0 Å². The first-order valence-electron chi connectivity index (χ1n) is 6.53. The van der Waals surface area contributed by atoms with Gasteiger partial charge in [-0.15, -0.1) is 0 Å². The van der Waals surface area contributed by atoms with Crippen LogP contribution in [0.2, 0.25) is 5.02 Å². The average Bonchev–Trinajstić information content (AvgIpc) is 2.43. The normalized spacial score (nSPS) is 17.9. The largest absolute Gasteiger partial charge is 0.376 e. The zero-order valence-electron chi connectivity index (χ0n) is 10.5. The zero-order chi connectivity index (χ0) is 13.2. The third-order valence-electron chi connectivity index (χ3n) is 3.63. The van der Waals surface area contributed by atoms with Gasteiger partial charge in [0.05, 0.1) is 11.7 Å². The number of nitrogens with one attached hydrogen (secondary N) is 1. The summed E-state index contributed by atoms with van der Waals surface area (Å²) in [6.07, 6.45) is 3.24. The van der Waals surface area contributed by atoms with Gasteiger partial charge in [-0.25, -0.2) is 4.39 Å². The number of aryl methyl sites for hydroxylation is 1. The van der Waals surface area contributed by atoms with Crippen LogP contribution >= 0.6 is 11.6 Å². The Morgan fingerprint density at radius 3 is 2.89 bits per heavy atom. The molecule has 1 unspecified atom stereocenters. The van der Waals surface area contributed by atoms with E-state index < -0.39 is 0 Å². The Morgan fingerprint density at radius 2 is 2.00 bits per heavy atom. The second-order valence-electron chi connectivity index (χ2n) is 4.91. The molecule has 0 heterocycles. The molecule has 3 rings (SSSR count). The average molecular weight is 276 g/mol. The number of benzene rings is 2. The number of halogens is 2. The van der Waals surface area contributed by atoms with E-state index in [2.05, 4.69) is 23.5 Å². The molecule has 1 nitrogen and oxygen atoms in total. The molecule has 0 bridgehead atoms. The smallest absolute Gasteiger partial charge is 0.146 e. The molecule has 0 aromatic heterocycles. The van der Waals surface area contributed by atoms with Crippen molar-refractivity contribution in [2.24, 2.45) is 0 Å². The molecule has 0 saturated heterocycles. The van der Waals surface area contributed by atoms with E-state index in [9.17, 15) is 4.39 Å². The number of anilines is 1. The highest BCUT2D eigenvalue weighted by molar-refractivity contribution is 6.30. The summed E-state index contributed by atoms with van der Waals surface area (Å²) in [5, 5.41) is 3.84. The summed E-state index contributed by atoms with van der Waals surface area (Å²) in [6.45, 7) is 0. The maximum Gasteiger partial charge on any atom is 0.146 e. The maximum atomic E-state index is 13.8. The van der Waals surface area contributed by atoms with Crippen LogP contribution in [-0.4, -0.2) is 0 Å². The Bertz CT molecular complexity index is 597. The third-order valence-corrected chi connectivity index (χ3v) is 3.86. The van der Waals surface area contributed by atoms with Gasteiger partial charge in [0, 0.05) is 5.02 Å². The van der Waals surface area contributed by atoms with Gasteiger partial charge in [0.2, 0.25) is 0 Å². The van der Waals surface area contributed by atoms with E-state index in [0.29, 0.717) is 10.7 Å². The third kappa shape index (κ3) is 2.59. The molecule has 2 aromatic rings. The molecule has 0 aliphatic heterocycles. The summed E-state index contributed by atoms with van der Waals surface area (Å²) >= 11 is 5.93. The van der Waals surface area contributed by atoms with Crippen LogP contribution in [0.4, 0.5) is 10.1 Å². The lowest BCUT2D eigenvalue weighted by molar-refractivity contribution is 0.586. The van der Waals surface area contributed by atoms with E-state index in [1.54, 1.807) is 12.1 Å². The van der Waals surface area contributed by atoms with Gasteiger partial charge in [0.15, 0.2) is 0 Å². The predicted molar refractivity (Wildman–Crippen MR) is 77.2 cm³/mol. The summed E-state index contributed by atoms with van der Waals surface area (Å²) in [4.78, 5) is 0. The van der Waals surface area contributed by atoms with Gasteiger partial charge < -0.3 is 5.32 Å². The van der Waals surface area contributed by atoms with Crippen LogP contribution in [-0.2, 0) is 6.42 Å². The summed E-state index contributed by atoms with van der Waals surface area (Å²) in [5.41, 5.74) is 3.11. The predicted octanol–water partition coefficient (Wildman–Crippen LogP) is 4.97. The number of hydrogen-bond donors (Lipinski definition) is 1. The monoisotopic (exact) mass is 275 g/mol. The van der Waals surface area contributed by atoms with Gasteiger partial charge in [-0.05, 0) is 48.6 Å². The van der Waals surface area contributed by atoms with E-state index in [0.717, 1.165) is 19.3 Å². The highest BCUT2D eigenvalue weighted by Gasteiger charge is 2.20. The van der Waals surface area contributed by atoms with Gasteiger partial charge in [0.1, 0.15) is 5.82 Å². The van der Waals surface area contributed by atoms with Crippen LogP contribution in [0.25, 0.3) is 0 Å². The summed E-state index contributed by atoms with van der Waals surface area (Å²) in [5.74, 6) is -0.257. The van der Waals surface area contributed by atoms with Crippen LogP contribution in [0.3, 0.4) is 0 Å². The number of fused-ring (bicyclic) bond motifs is 1. The minimum absolute atomic E-state index is 0.165. The molecule has 3 heteroatoms. The van der Waals surface area contributed by atoms with Crippen LogP contribution in [0.15, 0.2) is 42.5 Å². The molecule has 0 spiro atoms. The van der Waals surface area contributed by atoms with E-state index in [1.165, 1.54) is 17.2 Å². The molecule has 0 amide bonds. The van der Waals surface area contributed by atoms with Crippen molar-refractivity contribution in [3.8, 4) is 0 Å². The molecule has 19 heavy (non-hydrogen) atoms. The molecule has 0 saturated carbocycles. The highest BCUT2D eigenvalue weighted by Crippen LogP contribution is 2.33. The highest BCUT2D eigenvalue weighted by atomic mass is 35.5. The molecule has 1 aliphatic carbocycles. The summed E-state index contributed by atoms with van der Waals surface area (Å²) < 4.78 is 13.8. The van der Waals surface area contributed by atoms with E-state index in [4.69, 9.17) is 11.6 Å². The van der Waals surface area contributed by atoms with Gasteiger partial charge in [-0.1, -0.05) is 35.9 Å². The second kappa shape index (κ2) is 5.22. The van der Waals surface area contributed by atoms with Gasteiger partial charge in [-0.3, -0.25) is 0 Å². The molecular weight excluding hydrogens is 261 g/mol. The van der Waals surface area contributed by atoms with Crippen molar-refractivity contribution >= 4 is 17.3 Å². The Balaban J connectivity index is 1.90. The molecule has 0 radical (unpaired) electrons. The SMILES string of the molecule is Fc1ccc(Cl)cc1NC1CCCc2ccccc21. The second-order valence-corrected chi connectivity index (χ2v) is 5.35. The van der Waals surface area contributed by atoms with E-state index in [-0.39, 0.29) is 11.9 Å². The molecule has 2 aromatic carbocycles. The van der Waals surface area contributed by atoms with Crippen molar-refractivity contribution < 1.29 is 4.39 Å². The Labute approximate surface area is 117 Å². The Hall–Kier alpha value is -1.54. The quantitative estimate of drug-likeness (QED) is 0.816. The summed E-state index contributed by atoms with van der Waals surface area (Å²) in [6, 6.07) is 13.1. The standard InChI is InChI=1S/C16H15ClFN/c17-12-8-9-14(18)16(10-12)19-15-7-3-5-11-4-1-2-6-13(11)15/h1-2,4,6,8-10,15,19H,3,5,7H2. The minimum atomic E-state index is -0.257. The number of rotatable bonds is 2. The van der Waals surface area contributed by atoms with Crippen molar-refractivity contribution in [3.05, 3.63) is 64.4 Å². The van der Waals surface area contributed by atoms with Gasteiger partial charge >= 0.3 is 0 Å². The van der Waals surface area contributed by atoms with E-state index >= 15 is 0 Å². The fourth-order valence-corrected chi connectivity index (χ4v) is 2.87. The Morgan fingerprint density at radius 1 is 1.16 bits per heavy atom. The Kier molecular flexibility index (Phi) is 3.43. The topological polar surface area (TPSA) is 12.0 Å². The molecule has 1 aliphatic rings. The molecule has 1 atom stereocenters. The van der Waals surface area contributed by atoms with Crippen molar-refractivity contribution in [2.45, 2.75) is 25.3 Å². The van der Waals surface area contributed by atoms with Crippen LogP contribution in [0.1, 0.15) is 30.0 Å². The first-order valence-corrected chi connectivity index (χ1v) is 6.91. The van der Waals surface area contributed by atoms with Crippen molar-refractivity contribution in [2.75, 3.05) is 5.32 Å². The fourth-order valence-electron chi connectivity index (χ4n) is 2.70. The van der Waals surface area contributed by atoms with Gasteiger partial charge in [-0.2, -0.15) is 0 Å². The zero-order valence-corrected chi connectivity index (χ0v) is 11.3. The minimum Gasteiger partial charge on any atom is -0.376 e. The van der Waals surface area contributed by atoms with Crippen LogP contribution < -0.4 is 5.32 Å². The fraction of sp³-hybridized carbons (Fsp3) is 0.250. The first kappa shape index (κ1) is 12.5. The molecular formula is C16H15ClFN. The number of hydrogen-bond acceptors (Lipinski definition) is 1. The summed E-state index contributed by atoms with van der Waals surface area (Å²) in [7, 11) is 0. The molecule has 1 N–H and O–H groups in total. The van der Waals surface area contributed by atoms with Crippen molar-refractivity contribution in [1.29, 1.82) is 0 Å². The lowest BCUT2D eigenvalue weighted by Gasteiger charge is -2.27. The van der Waals surface area contributed by atoms with Crippen LogP contribution in [0, 0.1) is 5.82 Å². The lowest BCUT2D eigenvalue weighted by Crippen LogP contribution is -2.17. The van der Waals surface area contributed by atoms with Crippen molar-refractivity contribution in [1.82, 2.24) is 0 Å². The van der Waals surface area contributed by atoms with Gasteiger partial charge in [0.25, 0.3) is 0 Å². The molecule has 98 valence electrons. The van der Waals surface area contributed by atoms with Crippen LogP contribution in [0.5, 0.6) is 0 Å².